The molecule has 98 valence electrons. The van der Waals surface area contributed by atoms with Gasteiger partial charge in [-0.15, -0.1) is 0 Å². The summed E-state index contributed by atoms with van der Waals surface area (Å²) in [5.74, 6) is -0.228. The molecule has 4 heteroatoms. The minimum absolute atomic E-state index is 0.228. The van der Waals surface area contributed by atoms with Crippen LogP contribution in [0.4, 0.5) is 5.69 Å². The van der Waals surface area contributed by atoms with Gasteiger partial charge in [0.15, 0.2) is 0 Å². The number of esters is 1. The number of carbonyl (C=O) groups is 1. The summed E-state index contributed by atoms with van der Waals surface area (Å²) in [6.45, 7) is 6.38. The van der Waals surface area contributed by atoms with Crippen molar-refractivity contribution in [3.8, 4) is 0 Å². The molecule has 1 aromatic rings. The minimum Gasteiger partial charge on any atom is -0.459 e. The van der Waals surface area contributed by atoms with Gasteiger partial charge in [-0.1, -0.05) is 6.07 Å². The summed E-state index contributed by atoms with van der Waals surface area (Å²) in [6.07, 6.45) is 0.889. The second-order valence-electron chi connectivity index (χ2n) is 5.63. The van der Waals surface area contributed by atoms with Gasteiger partial charge in [0.25, 0.3) is 0 Å². The molecule has 0 spiro atoms. The highest BCUT2D eigenvalue weighted by Crippen LogP contribution is 2.27. The van der Waals surface area contributed by atoms with Crippen LogP contribution in [-0.2, 0) is 16.0 Å². The summed E-state index contributed by atoms with van der Waals surface area (Å²) in [7, 11) is 0. The maximum Gasteiger partial charge on any atom is 0.328 e. The van der Waals surface area contributed by atoms with Crippen molar-refractivity contribution in [1.29, 1.82) is 0 Å². The second-order valence-corrected chi connectivity index (χ2v) is 5.63. The topological polar surface area (TPSA) is 64.3 Å². The molecule has 2 rings (SSSR count). The molecule has 0 bridgehead atoms. The number of nitrogens with two attached hydrogens (primary N) is 1. The van der Waals surface area contributed by atoms with Gasteiger partial charge in [-0.25, -0.2) is 4.79 Å². The first-order valence-electron chi connectivity index (χ1n) is 6.21. The fourth-order valence-electron chi connectivity index (χ4n) is 2.16. The standard InChI is InChI=1S/C14H20N2O2/c1-14(2,3)18-13(17)12-11-5-4-10(15)8-9(11)6-7-16-12/h4-5,8,12,16H,6-7,15H2,1-3H3. The Morgan fingerprint density at radius 3 is 2.83 bits per heavy atom. The number of rotatable bonds is 1. The molecule has 0 saturated heterocycles. The van der Waals surface area contributed by atoms with Crippen LogP contribution in [0, 0.1) is 0 Å². The Balaban J connectivity index is 2.25. The van der Waals surface area contributed by atoms with Crippen molar-refractivity contribution in [2.75, 3.05) is 12.3 Å². The maximum absolute atomic E-state index is 12.1. The smallest absolute Gasteiger partial charge is 0.328 e. The molecule has 1 aromatic carbocycles. The first-order chi connectivity index (χ1) is 8.37. The molecule has 1 atom stereocenters. The van der Waals surface area contributed by atoms with Gasteiger partial charge < -0.3 is 15.8 Å². The van der Waals surface area contributed by atoms with E-state index in [1.165, 1.54) is 0 Å². The SMILES string of the molecule is CC(C)(C)OC(=O)C1NCCc2cc(N)ccc21. The second kappa shape index (κ2) is 4.61. The maximum atomic E-state index is 12.1. The normalized spacial score (nSPS) is 19.2. The largest absolute Gasteiger partial charge is 0.459 e. The Hall–Kier alpha value is -1.55. The van der Waals surface area contributed by atoms with Crippen molar-refractivity contribution < 1.29 is 9.53 Å². The fourth-order valence-corrected chi connectivity index (χ4v) is 2.16. The lowest BCUT2D eigenvalue weighted by atomic mass is 9.94. The van der Waals surface area contributed by atoms with Crippen LogP contribution >= 0.6 is 0 Å². The predicted molar refractivity (Wildman–Crippen MR) is 71.1 cm³/mol. The zero-order valence-corrected chi connectivity index (χ0v) is 11.1. The molecular formula is C14H20N2O2. The molecule has 4 nitrogen and oxygen atoms in total. The number of anilines is 1. The molecule has 3 N–H and O–H groups in total. The van der Waals surface area contributed by atoms with Crippen LogP contribution in [0.25, 0.3) is 0 Å². The monoisotopic (exact) mass is 248 g/mol. The summed E-state index contributed by atoms with van der Waals surface area (Å²) in [6, 6.07) is 5.29. The van der Waals surface area contributed by atoms with E-state index in [-0.39, 0.29) is 12.0 Å². The van der Waals surface area contributed by atoms with Gasteiger partial charge >= 0.3 is 5.97 Å². The van der Waals surface area contributed by atoms with Crippen molar-refractivity contribution in [3.63, 3.8) is 0 Å². The third-order valence-corrected chi connectivity index (χ3v) is 2.86. The first-order valence-corrected chi connectivity index (χ1v) is 6.21. The Kier molecular flexibility index (Phi) is 3.30. The lowest BCUT2D eigenvalue weighted by molar-refractivity contribution is -0.157. The molecule has 0 radical (unpaired) electrons. The van der Waals surface area contributed by atoms with Crippen LogP contribution in [0.1, 0.15) is 37.9 Å². The highest BCUT2D eigenvalue weighted by molar-refractivity contribution is 5.79. The van der Waals surface area contributed by atoms with E-state index in [0.717, 1.165) is 29.8 Å². The molecular weight excluding hydrogens is 228 g/mol. The molecule has 0 saturated carbocycles. The average Bonchev–Trinajstić information content (AvgIpc) is 2.25. The van der Waals surface area contributed by atoms with Gasteiger partial charge in [0.2, 0.25) is 0 Å². The molecule has 1 unspecified atom stereocenters. The van der Waals surface area contributed by atoms with Gasteiger partial charge in [0, 0.05) is 12.2 Å². The quantitative estimate of drug-likeness (QED) is 0.587. The number of carbonyl (C=O) groups excluding carboxylic acids is 1. The van der Waals surface area contributed by atoms with Crippen LogP contribution in [0.2, 0.25) is 0 Å². The van der Waals surface area contributed by atoms with Crippen LogP contribution < -0.4 is 11.1 Å². The van der Waals surface area contributed by atoms with Gasteiger partial charge in [0.05, 0.1) is 0 Å². The number of fused-ring (bicyclic) bond motifs is 1. The molecule has 0 amide bonds. The van der Waals surface area contributed by atoms with Gasteiger partial charge in [-0.2, -0.15) is 0 Å². The molecule has 1 heterocycles. The summed E-state index contributed by atoms with van der Waals surface area (Å²) < 4.78 is 5.43. The van der Waals surface area contributed by atoms with E-state index in [9.17, 15) is 4.79 Å². The van der Waals surface area contributed by atoms with E-state index in [2.05, 4.69) is 5.32 Å². The summed E-state index contributed by atoms with van der Waals surface area (Å²) in [5, 5.41) is 3.20. The third kappa shape index (κ3) is 2.82. The highest BCUT2D eigenvalue weighted by atomic mass is 16.6. The molecule has 1 aliphatic heterocycles. The van der Waals surface area contributed by atoms with Crippen LogP contribution in [0.15, 0.2) is 18.2 Å². The number of ether oxygens (including phenoxy) is 1. The summed E-state index contributed by atoms with van der Waals surface area (Å²) >= 11 is 0. The average molecular weight is 248 g/mol. The Bertz CT molecular complexity index is 463. The van der Waals surface area contributed by atoms with Crippen molar-refractivity contribution in [2.24, 2.45) is 0 Å². The van der Waals surface area contributed by atoms with Crippen molar-refractivity contribution in [3.05, 3.63) is 29.3 Å². The van der Waals surface area contributed by atoms with Gasteiger partial charge in [0.1, 0.15) is 11.6 Å². The van der Waals surface area contributed by atoms with Gasteiger partial charge in [-0.05, 0) is 50.5 Å². The van der Waals surface area contributed by atoms with E-state index in [1.54, 1.807) is 0 Å². The molecule has 0 aromatic heterocycles. The summed E-state index contributed by atoms with van der Waals surface area (Å²) in [5.41, 5.74) is 8.14. The predicted octanol–water partition coefficient (Wildman–Crippen LogP) is 1.80. The van der Waals surface area contributed by atoms with Crippen molar-refractivity contribution >= 4 is 11.7 Å². The number of benzene rings is 1. The highest BCUT2D eigenvalue weighted by Gasteiger charge is 2.30. The van der Waals surface area contributed by atoms with Crippen molar-refractivity contribution in [1.82, 2.24) is 5.32 Å². The minimum atomic E-state index is -0.468. The van der Waals surface area contributed by atoms with E-state index >= 15 is 0 Å². The van der Waals surface area contributed by atoms with Crippen LogP contribution in [0.5, 0.6) is 0 Å². The number of hydrogen-bond donors (Lipinski definition) is 2. The molecule has 18 heavy (non-hydrogen) atoms. The van der Waals surface area contributed by atoms with Gasteiger partial charge in [-0.3, -0.25) is 0 Å². The molecule has 0 fully saturated rings. The molecule has 1 aliphatic rings. The fraction of sp³-hybridized carbons (Fsp3) is 0.500. The third-order valence-electron chi connectivity index (χ3n) is 2.86. The van der Waals surface area contributed by atoms with E-state index in [0.29, 0.717) is 0 Å². The number of hydrogen-bond acceptors (Lipinski definition) is 4. The number of nitrogens with one attached hydrogen (secondary N) is 1. The first kappa shape index (κ1) is 12.9. The van der Waals surface area contributed by atoms with Crippen LogP contribution in [-0.4, -0.2) is 18.1 Å². The Labute approximate surface area is 108 Å². The Morgan fingerprint density at radius 2 is 2.17 bits per heavy atom. The zero-order chi connectivity index (χ0) is 13.3. The van der Waals surface area contributed by atoms with Crippen LogP contribution in [0.3, 0.4) is 0 Å². The van der Waals surface area contributed by atoms with Crippen molar-refractivity contribution in [2.45, 2.75) is 38.8 Å². The summed E-state index contributed by atoms with van der Waals surface area (Å²) in [4.78, 5) is 12.1. The van der Waals surface area contributed by atoms with E-state index in [4.69, 9.17) is 10.5 Å². The lowest BCUT2D eigenvalue weighted by Gasteiger charge is -2.29. The molecule has 0 aliphatic carbocycles. The number of nitrogen functional groups attached to an aromatic ring is 1. The van der Waals surface area contributed by atoms with E-state index in [1.807, 2.05) is 39.0 Å². The van der Waals surface area contributed by atoms with E-state index < -0.39 is 5.60 Å². The zero-order valence-electron chi connectivity index (χ0n) is 11.1. The Morgan fingerprint density at radius 1 is 1.44 bits per heavy atom. The lowest BCUT2D eigenvalue weighted by Crippen LogP contribution is -2.39.